The Bertz CT molecular complexity index is 1170. The second kappa shape index (κ2) is 11.9. The van der Waals surface area contributed by atoms with Crippen molar-refractivity contribution in [3.05, 3.63) is 53.3 Å². The zero-order chi connectivity index (χ0) is 26.3. The average molecular weight is 500 g/mol. The van der Waals surface area contributed by atoms with E-state index in [0.717, 1.165) is 22.9 Å². The summed E-state index contributed by atoms with van der Waals surface area (Å²) in [5, 5.41) is 11.4. The summed E-state index contributed by atoms with van der Waals surface area (Å²) in [6, 6.07) is 7.28. The van der Waals surface area contributed by atoms with Crippen LogP contribution in [0.2, 0.25) is 0 Å². The van der Waals surface area contributed by atoms with E-state index in [1.807, 2.05) is 26.0 Å². The monoisotopic (exact) mass is 499 g/mol. The summed E-state index contributed by atoms with van der Waals surface area (Å²) in [6.07, 6.45) is 2.47. The number of rotatable bonds is 9. The number of ether oxygens (including phenoxy) is 2. The topological polar surface area (TPSA) is 88.9 Å². The fourth-order valence-corrected chi connectivity index (χ4v) is 3.69. The Labute approximate surface area is 209 Å². The van der Waals surface area contributed by atoms with Crippen LogP contribution in [-0.2, 0) is 9.53 Å². The molecular formula is C26H31F2N5O3. The molecule has 1 aromatic carbocycles. The number of allylic oxidation sites excluding steroid dienone is 2. The first-order valence-corrected chi connectivity index (χ1v) is 11.7. The summed E-state index contributed by atoms with van der Waals surface area (Å²) in [7, 11) is 0. The maximum atomic E-state index is 13.7. The number of carbonyl (C=O) groups excluding carboxylic acids is 1. The van der Waals surface area contributed by atoms with E-state index in [4.69, 9.17) is 9.47 Å². The molecule has 1 saturated heterocycles. The van der Waals surface area contributed by atoms with Gasteiger partial charge in [0.05, 0.1) is 25.5 Å². The van der Waals surface area contributed by atoms with Gasteiger partial charge in [0.2, 0.25) is 0 Å². The maximum Gasteiger partial charge on any atom is 0.286 e. The van der Waals surface area contributed by atoms with Gasteiger partial charge in [0.25, 0.3) is 17.7 Å². The van der Waals surface area contributed by atoms with Gasteiger partial charge in [-0.05, 0) is 57.3 Å². The van der Waals surface area contributed by atoms with Crippen LogP contribution in [-0.4, -0.2) is 61.7 Å². The number of anilines is 2. The SMILES string of the molecule is C=N/C(=C\C(=C/C)C(=O)Nc1ccc(C)c(-c2cc(N3CCOCC3)c(OCC)nn2)c1)C(C)(F)F. The number of amides is 1. The van der Waals surface area contributed by atoms with Crippen molar-refractivity contribution in [1.29, 1.82) is 0 Å². The van der Waals surface area contributed by atoms with Gasteiger partial charge in [0.15, 0.2) is 0 Å². The molecule has 0 saturated carbocycles. The summed E-state index contributed by atoms with van der Waals surface area (Å²) in [6.45, 7) is 12.4. The lowest BCUT2D eigenvalue weighted by Gasteiger charge is -2.29. The van der Waals surface area contributed by atoms with Gasteiger partial charge >= 0.3 is 0 Å². The quantitative estimate of drug-likeness (QED) is 0.303. The van der Waals surface area contributed by atoms with E-state index in [2.05, 4.69) is 32.1 Å². The van der Waals surface area contributed by atoms with E-state index in [9.17, 15) is 13.6 Å². The van der Waals surface area contributed by atoms with E-state index in [1.54, 1.807) is 19.1 Å². The molecule has 1 aliphatic heterocycles. The molecule has 1 N–H and O–H groups in total. The third kappa shape index (κ3) is 6.51. The van der Waals surface area contributed by atoms with Gasteiger partial charge < -0.3 is 19.7 Å². The summed E-state index contributed by atoms with van der Waals surface area (Å²) in [5.41, 5.74) is 3.06. The van der Waals surface area contributed by atoms with Crippen molar-refractivity contribution in [2.75, 3.05) is 43.1 Å². The molecule has 8 nitrogen and oxygen atoms in total. The van der Waals surface area contributed by atoms with Gasteiger partial charge in [-0.15, -0.1) is 10.2 Å². The number of aromatic nitrogens is 2. The number of hydrogen-bond donors (Lipinski definition) is 1. The Balaban J connectivity index is 1.92. The first-order chi connectivity index (χ1) is 17.2. The van der Waals surface area contributed by atoms with E-state index in [-0.39, 0.29) is 5.57 Å². The molecule has 0 unspecified atom stereocenters. The lowest BCUT2D eigenvalue weighted by molar-refractivity contribution is -0.112. The van der Waals surface area contributed by atoms with E-state index >= 15 is 0 Å². The molecule has 1 amide bonds. The minimum Gasteiger partial charge on any atom is -0.475 e. The molecule has 0 spiro atoms. The van der Waals surface area contributed by atoms with Crippen LogP contribution in [0.15, 0.2) is 52.7 Å². The average Bonchev–Trinajstić information content (AvgIpc) is 2.86. The van der Waals surface area contributed by atoms with Crippen molar-refractivity contribution >= 4 is 24.0 Å². The van der Waals surface area contributed by atoms with Gasteiger partial charge in [-0.1, -0.05) is 12.1 Å². The van der Waals surface area contributed by atoms with Gasteiger partial charge in [-0.3, -0.25) is 9.79 Å². The largest absolute Gasteiger partial charge is 0.475 e. The van der Waals surface area contributed by atoms with Crippen molar-refractivity contribution in [3.63, 3.8) is 0 Å². The third-order valence-electron chi connectivity index (χ3n) is 5.63. The van der Waals surface area contributed by atoms with Crippen LogP contribution in [0, 0.1) is 6.92 Å². The predicted octanol–water partition coefficient (Wildman–Crippen LogP) is 4.81. The molecular weight excluding hydrogens is 468 g/mol. The molecule has 2 aromatic rings. The second-order valence-electron chi connectivity index (χ2n) is 8.26. The van der Waals surface area contributed by atoms with Gasteiger partial charge in [0.1, 0.15) is 11.4 Å². The van der Waals surface area contributed by atoms with Gasteiger partial charge in [-0.2, -0.15) is 8.78 Å². The Morgan fingerprint density at radius 2 is 2.03 bits per heavy atom. The minimum atomic E-state index is -3.22. The lowest BCUT2D eigenvalue weighted by Crippen LogP contribution is -2.36. The molecule has 0 atom stereocenters. The Kier molecular flexibility index (Phi) is 8.87. The molecule has 192 valence electrons. The second-order valence-corrected chi connectivity index (χ2v) is 8.26. The molecule has 10 heteroatoms. The van der Waals surface area contributed by atoms with Crippen LogP contribution in [0.1, 0.15) is 26.3 Å². The van der Waals surface area contributed by atoms with E-state index in [1.165, 1.54) is 6.08 Å². The van der Waals surface area contributed by atoms with Crippen LogP contribution in [0.5, 0.6) is 5.88 Å². The van der Waals surface area contributed by atoms with Crippen LogP contribution >= 0.6 is 0 Å². The summed E-state index contributed by atoms with van der Waals surface area (Å²) in [4.78, 5) is 18.4. The molecule has 0 radical (unpaired) electrons. The Morgan fingerprint density at radius 1 is 1.31 bits per heavy atom. The molecule has 1 fully saturated rings. The molecule has 1 aromatic heterocycles. The fraction of sp³-hybridized carbons (Fsp3) is 0.385. The molecule has 0 bridgehead atoms. The van der Waals surface area contributed by atoms with Crippen LogP contribution in [0.3, 0.4) is 0 Å². The van der Waals surface area contributed by atoms with Crippen molar-refractivity contribution < 1.29 is 23.0 Å². The molecule has 0 aliphatic carbocycles. The number of nitrogens with one attached hydrogen (secondary N) is 1. The molecule has 2 heterocycles. The van der Waals surface area contributed by atoms with Crippen molar-refractivity contribution in [1.82, 2.24) is 10.2 Å². The Hall–Kier alpha value is -3.66. The highest BCUT2D eigenvalue weighted by molar-refractivity contribution is 6.06. The molecule has 1 aliphatic rings. The summed E-state index contributed by atoms with van der Waals surface area (Å²) >= 11 is 0. The number of halogens is 2. The lowest BCUT2D eigenvalue weighted by atomic mass is 10.0. The number of aliphatic imine (C=N–C) groups is 1. The predicted molar refractivity (Wildman–Crippen MR) is 137 cm³/mol. The first-order valence-electron chi connectivity index (χ1n) is 11.7. The summed E-state index contributed by atoms with van der Waals surface area (Å²) < 4.78 is 38.6. The smallest absolute Gasteiger partial charge is 0.286 e. The summed E-state index contributed by atoms with van der Waals surface area (Å²) in [5.74, 6) is -3.32. The zero-order valence-corrected chi connectivity index (χ0v) is 21.0. The number of aryl methyl sites for hydroxylation is 1. The molecule has 3 rings (SSSR count). The maximum absolute atomic E-state index is 13.7. The number of nitrogens with zero attached hydrogens (tertiary/aromatic N) is 4. The third-order valence-corrected chi connectivity index (χ3v) is 5.63. The van der Waals surface area contributed by atoms with Crippen LogP contribution < -0.4 is 15.0 Å². The van der Waals surface area contributed by atoms with Crippen LogP contribution in [0.4, 0.5) is 20.2 Å². The van der Waals surface area contributed by atoms with Crippen molar-refractivity contribution in [2.45, 2.75) is 33.6 Å². The highest BCUT2D eigenvalue weighted by atomic mass is 19.3. The minimum absolute atomic E-state index is 0.0384. The normalized spacial score (nSPS) is 15.0. The fourth-order valence-electron chi connectivity index (χ4n) is 3.69. The number of morpholine rings is 1. The Morgan fingerprint density at radius 3 is 2.64 bits per heavy atom. The van der Waals surface area contributed by atoms with E-state index < -0.39 is 17.5 Å². The number of carbonyl (C=O) groups is 1. The van der Waals surface area contributed by atoms with Crippen molar-refractivity contribution in [2.24, 2.45) is 4.99 Å². The van der Waals surface area contributed by atoms with Crippen molar-refractivity contribution in [3.8, 4) is 17.1 Å². The van der Waals surface area contributed by atoms with Gasteiger partial charge in [0, 0.05) is 36.8 Å². The highest BCUT2D eigenvalue weighted by Gasteiger charge is 2.28. The first kappa shape index (κ1) is 26.9. The van der Waals surface area contributed by atoms with Crippen LogP contribution in [0.25, 0.3) is 11.3 Å². The zero-order valence-electron chi connectivity index (χ0n) is 21.0. The highest BCUT2D eigenvalue weighted by Crippen LogP contribution is 2.33. The standard InChI is InChI=1S/C26H31F2N5O3/c1-6-18(14-23(29-5)26(4,27)28)24(34)30-19-9-8-17(3)20(15-19)21-16-22(25(32-31-21)36-7-2)33-10-12-35-13-11-33/h6,8-9,14-16H,5,7,10-13H2,1-4H3,(H,30,34)/b18-6+,23-14-. The molecule has 36 heavy (non-hydrogen) atoms. The number of hydrogen-bond acceptors (Lipinski definition) is 7. The number of benzene rings is 1. The number of alkyl halides is 2. The van der Waals surface area contributed by atoms with E-state index in [0.29, 0.717) is 57.1 Å². The van der Waals surface area contributed by atoms with Gasteiger partial charge in [-0.25, -0.2) is 0 Å².